The van der Waals surface area contributed by atoms with Crippen LogP contribution in [0.2, 0.25) is 0 Å². The molecule has 2 rings (SSSR count). The van der Waals surface area contributed by atoms with E-state index >= 15 is 0 Å². The van der Waals surface area contributed by atoms with E-state index in [1.165, 1.54) is 29.0 Å². The lowest BCUT2D eigenvalue weighted by molar-refractivity contribution is -0.385. The first-order chi connectivity index (χ1) is 9.06. The Morgan fingerprint density at radius 2 is 2.05 bits per heavy atom. The molecule has 0 saturated heterocycles. The van der Waals surface area contributed by atoms with Crippen LogP contribution in [0, 0.1) is 24.0 Å². The number of aryl methyl sites for hydroxylation is 2. The van der Waals surface area contributed by atoms with Crippen LogP contribution in [0.4, 0.5) is 5.69 Å². The lowest BCUT2D eigenvalue weighted by Crippen LogP contribution is -1.91. The molecule has 0 unspecified atom stereocenters. The Kier molecular flexibility index (Phi) is 4.16. The zero-order valence-electron chi connectivity index (χ0n) is 10.8. The molecule has 98 valence electrons. The number of pyridine rings is 1. The average molecular weight is 274 g/mol. The van der Waals surface area contributed by atoms with Crippen molar-refractivity contribution in [2.45, 2.75) is 24.6 Å². The van der Waals surface area contributed by atoms with Crippen LogP contribution in [0.3, 0.4) is 0 Å². The minimum Gasteiger partial charge on any atom is -0.258 e. The Morgan fingerprint density at radius 3 is 2.68 bits per heavy atom. The van der Waals surface area contributed by atoms with E-state index in [2.05, 4.69) is 37.0 Å². The quantitative estimate of drug-likeness (QED) is 0.482. The van der Waals surface area contributed by atoms with E-state index in [1.807, 2.05) is 0 Å². The van der Waals surface area contributed by atoms with E-state index in [1.54, 1.807) is 17.8 Å². The van der Waals surface area contributed by atoms with Gasteiger partial charge in [0.1, 0.15) is 6.20 Å². The van der Waals surface area contributed by atoms with Crippen molar-refractivity contribution in [2.24, 2.45) is 0 Å². The third kappa shape index (κ3) is 3.54. The number of nitrogens with zero attached hydrogens (tertiary/aromatic N) is 2. The van der Waals surface area contributed by atoms with E-state index < -0.39 is 4.92 Å². The van der Waals surface area contributed by atoms with Gasteiger partial charge in [-0.05, 0) is 31.0 Å². The maximum absolute atomic E-state index is 10.5. The Balaban J connectivity index is 2.06. The van der Waals surface area contributed by atoms with Crippen molar-refractivity contribution in [3.63, 3.8) is 0 Å². The van der Waals surface area contributed by atoms with Crippen molar-refractivity contribution in [1.82, 2.24) is 4.98 Å². The van der Waals surface area contributed by atoms with Crippen LogP contribution in [-0.2, 0) is 5.75 Å². The molecule has 0 amide bonds. The van der Waals surface area contributed by atoms with Gasteiger partial charge in [0.05, 0.1) is 9.95 Å². The molecule has 1 heterocycles. The summed E-state index contributed by atoms with van der Waals surface area (Å²) in [5.74, 6) is 0.818. The maximum Gasteiger partial charge on any atom is 0.287 e. The highest BCUT2D eigenvalue weighted by Gasteiger charge is 2.06. The molecule has 19 heavy (non-hydrogen) atoms. The fourth-order valence-electron chi connectivity index (χ4n) is 1.67. The number of nitro groups is 1. The normalized spacial score (nSPS) is 10.4. The summed E-state index contributed by atoms with van der Waals surface area (Å²) in [6.45, 7) is 4.15. The molecule has 4 nitrogen and oxygen atoms in total. The molecular weight excluding hydrogens is 260 g/mol. The van der Waals surface area contributed by atoms with E-state index in [0.29, 0.717) is 0 Å². The number of aromatic nitrogens is 1. The van der Waals surface area contributed by atoms with Crippen molar-refractivity contribution in [3.05, 3.63) is 63.3 Å². The predicted molar refractivity (Wildman–Crippen MR) is 76.4 cm³/mol. The molecule has 0 N–H and O–H groups in total. The zero-order valence-corrected chi connectivity index (χ0v) is 11.6. The second-order valence-electron chi connectivity index (χ2n) is 4.33. The highest BCUT2D eigenvalue weighted by molar-refractivity contribution is 7.98. The van der Waals surface area contributed by atoms with E-state index in [9.17, 15) is 10.1 Å². The largest absolute Gasteiger partial charge is 0.287 e. The maximum atomic E-state index is 10.5. The van der Waals surface area contributed by atoms with Gasteiger partial charge in [-0.25, -0.2) is 4.98 Å². The molecule has 0 aliphatic rings. The molecule has 1 aromatic heterocycles. The molecule has 2 aromatic rings. The molecule has 0 aliphatic carbocycles. The third-order valence-corrected chi connectivity index (χ3v) is 3.80. The summed E-state index contributed by atoms with van der Waals surface area (Å²) in [5.41, 5.74) is 3.78. The van der Waals surface area contributed by atoms with Crippen LogP contribution >= 0.6 is 11.8 Å². The summed E-state index contributed by atoms with van der Waals surface area (Å²) in [7, 11) is 0. The lowest BCUT2D eigenvalue weighted by Gasteiger charge is -2.06. The summed E-state index contributed by atoms with van der Waals surface area (Å²) in [5, 5.41) is 11.3. The van der Waals surface area contributed by atoms with Crippen molar-refractivity contribution in [3.8, 4) is 0 Å². The number of rotatable bonds is 4. The topological polar surface area (TPSA) is 56.0 Å². The first-order valence-corrected chi connectivity index (χ1v) is 6.84. The number of thioether (sulfide) groups is 1. The predicted octanol–water partition coefficient (Wildman–Crippen LogP) is 3.90. The molecule has 0 aliphatic heterocycles. The molecule has 1 aromatic carbocycles. The van der Waals surface area contributed by atoms with Gasteiger partial charge >= 0.3 is 0 Å². The SMILES string of the molecule is Cc1ccc(C)c(CSc2ccc([N+](=O)[O-])cn2)c1. The fraction of sp³-hybridized carbons (Fsp3) is 0.214. The Morgan fingerprint density at radius 1 is 1.26 bits per heavy atom. The molecule has 0 saturated carbocycles. The van der Waals surface area contributed by atoms with Crippen molar-refractivity contribution in [1.29, 1.82) is 0 Å². The number of hydrogen-bond acceptors (Lipinski definition) is 4. The average Bonchev–Trinajstić information content (AvgIpc) is 2.40. The number of benzene rings is 1. The van der Waals surface area contributed by atoms with Crippen LogP contribution in [0.25, 0.3) is 0 Å². The van der Waals surface area contributed by atoms with Crippen molar-refractivity contribution >= 4 is 17.4 Å². The fourth-order valence-corrected chi connectivity index (χ4v) is 2.58. The van der Waals surface area contributed by atoms with E-state index in [0.717, 1.165) is 10.8 Å². The molecular formula is C14H14N2O2S. The minimum atomic E-state index is -0.438. The summed E-state index contributed by atoms with van der Waals surface area (Å²) < 4.78 is 0. The van der Waals surface area contributed by atoms with Crippen molar-refractivity contribution < 1.29 is 4.92 Å². The van der Waals surface area contributed by atoms with Gasteiger partial charge in [0.2, 0.25) is 0 Å². The van der Waals surface area contributed by atoms with Gasteiger partial charge in [0.15, 0.2) is 0 Å². The van der Waals surface area contributed by atoms with Gasteiger partial charge < -0.3 is 0 Å². The standard InChI is InChI=1S/C14H14N2O2S/c1-10-3-4-11(2)12(7-10)9-19-14-6-5-13(8-15-14)16(17)18/h3-8H,9H2,1-2H3. The van der Waals surface area contributed by atoms with Crippen LogP contribution < -0.4 is 0 Å². The molecule has 5 heteroatoms. The summed E-state index contributed by atoms with van der Waals surface area (Å²) >= 11 is 1.58. The molecule has 0 fully saturated rings. The Hall–Kier alpha value is -1.88. The van der Waals surface area contributed by atoms with E-state index in [4.69, 9.17) is 0 Å². The molecule has 0 bridgehead atoms. The number of hydrogen-bond donors (Lipinski definition) is 0. The minimum absolute atomic E-state index is 0.0242. The van der Waals surface area contributed by atoms with Gasteiger partial charge in [-0.3, -0.25) is 10.1 Å². The van der Waals surface area contributed by atoms with Crippen LogP contribution in [-0.4, -0.2) is 9.91 Å². The Bertz CT molecular complexity index is 597. The molecule has 0 spiro atoms. The van der Waals surface area contributed by atoms with Crippen LogP contribution in [0.5, 0.6) is 0 Å². The smallest absolute Gasteiger partial charge is 0.258 e. The molecule has 0 atom stereocenters. The van der Waals surface area contributed by atoms with Gasteiger partial charge in [0.25, 0.3) is 5.69 Å². The first kappa shape index (κ1) is 13.5. The summed E-state index contributed by atoms with van der Waals surface area (Å²) in [6, 6.07) is 9.53. The Labute approximate surface area is 116 Å². The van der Waals surface area contributed by atoms with Gasteiger partial charge in [-0.2, -0.15) is 0 Å². The first-order valence-electron chi connectivity index (χ1n) is 5.85. The van der Waals surface area contributed by atoms with Crippen LogP contribution in [0.1, 0.15) is 16.7 Å². The van der Waals surface area contributed by atoms with E-state index in [-0.39, 0.29) is 5.69 Å². The van der Waals surface area contributed by atoms with Gasteiger partial charge in [0, 0.05) is 11.8 Å². The molecule has 0 radical (unpaired) electrons. The second-order valence-corrected chi connectivity index (χ2v) is 5.33. The van der Waals surface area contributed by atoms with Crippen molar-refractivity contribution in [2.75, 3.05) is 0 Å². The highest BCUT2D eigenvalue weighted by Crippen LogP contribution is 2.24. The highest BCUT2D eigenvalue weighted by atomic mass is 32.2. The monoisotopic (exact) mass is 274 g/mol. The van der Waals surface area contributed by atoms with Crippen LogP contribution in [0.15, 0.2) is 41.6 Å². The van der Waals surface area contributed by atoms with Gasteiger partial charge in [-0.15, -0.1) is 11.8 Å². The zero-order chi connectivity index (χ0) is 13.8. The summed E-state index contributed by atoms with van der Waals surface area (Å²) in [4.78, 5) is 14.2. The summed E-state index contributed by atoms with van der Waals surface area (Å²) in [6.07, 6.45) is 1.30. The lowest BCUT2D eigenvalue weighted by atomic mass is 10.1. The second kappa shape index (κ2) is 5.84. The third-order valence-electron chi connectivity index (χ3n) is 2.81. The van der Waals surface area contributed by atoms with Gasteiger partial charge in [-0.1, -0.05) is 23.8 Å².